The number of hydrogen-bond donors (Lipinski definition) is 1. The van der Waals surface area contributed by atoms with Crippen LogP contribution in [0.2, 0.25) is 0 Å². The summed E-state index contributed by atoms with van der Waals surface area (Å²) in [6.07, 6.45) is 1.26. The maximum Gasteiger partial charge on any atom is 0.409 e. The van der Waals surface area contributed by atoms with E-state index in [4.69, 9.17) is 23.7 Å². The molecule has 2 saturated heterocycles. The first kappa shape index (κ1) is 32.1. The Bertz CT molecular complexity index is 951. The van der Waals surface area contributed by atoms with Crippen LogP contribution in [0.4, 0.5) is 4.79 Å². The number of nitrogens with one attached hydrogen (secondary N) is 1. The topological polar surface area (TPSA) is 98.8 Å². The molecule has 1 aromatic rings. The molecule has 0 bridgehead atoms. The summed E-state index contributed by atoms with van der Waals surface area (Å²) in [4.78, 5) is 30.1. The molecular formula is C30H49N3O7. The summed E-state index contributed by atoms with van der Waals surface area (Å²) < 4.78 is 27.5. The van der Waals surface area contributed by atoms with E-state index in [-0.39, 0.29) is 48.7 Å². The third-order valence-corrected chi connectivity index (χ3v) is 7.67. The molecule has 0 saturated carbocycles. The molecule has 1 aromatic carbocycles. The van der Waals surface area contributed by atoms with Gasteiger partial charge in [-0.05, 0) is 49.8 Å². The lowest BCUT2D eigenvalue weighted by Crippen LogP contribution is -2.44. The van der Waals surface area contributed by atoms with E-state index in [0.29, 0.717) is 45.1 Å². The highest BCUT2D eigenvalue weighted by atomic mass is 16.7. The van der Waals surface area contributed by atoms with Crippen molar-refractivity contribution >= 4 is 12.0 Å². The maximum atomic E-state index is 13.7. The number of carbonyl (C=O) groups is 2. The van der Waals surface area contributed by atoms with Crippen LogP contribution < -0.4 is 10.1 Å². The molecule has 2 heterocycles. The molecule has 3 rings (SSSR count). The molecule has 1 N–H and O–H groups in total. The highest BCUT2D eigenvalue weighted by Gasteiger charge is 2.34. The molecule has 2 aliphatic rings. The lowest BCUT2D eigenvalue weighted by Gasteiger charge is -2.34. The molecule has 40 heavy (non-hydrogen) atoms. The number of ether oxygens (including phenoxy) is 5. The molecule has 2 atom stereocenters. The number of hydrogen-bond acceptors (Lipinski definition) is 8. The van der Waals surface area contributed by atoms with Crippen molar-refractivity contribution in [3.63, 3.8) is 0 Å². The van der Waals surface area contributed by atoms with Crippen molar-refractivity contribution in [1.82, 2.24) is 15.1 Å². The first-order valence-corrected chi connectivity index (χ1v) is 14.5. The minimum absolute atomic E-state index is 0.0111. The SMILES string of the molecule is CCc1ccc(C(=O)N(CC2CNCC2CN(C)C(=O)OCC2(C)COCOC2)C(C)C)cc1OCCCOC. The number of benzene rings is 1. The van der Waals surface area contributed by atoms with E-state index in [1.807, 2.05) is 43.9 Å². The molecule has 226 valence electrons. The largest absolute Gasteiger partial charge is 0.493 e. The fourth-order valence-corrected chi connectivity index (χ4v) is 5.19. The fraction of sp³-hybridized carbons (Fsp3) is 0.733. The Morgan fingerprint density at radius 3 is 2.48 bits per heavy atom. The standard InChI is InChI=1S/C30H49N3O7/c1-7-23-9-10-24(13-27(23)39-12-8-11-36-6)28(34)33(22(2)3)17-26-15-31-14-25(26)16-32(5)29(35)40-20-30(4)18-37-21-38-19-30/h9-10,13,22,25-26,31H,7-8,11-12,14-21H2,1-6H3. The minimum Gasteiger partial charge on any atom is -0.493 e. The summed E-state index contributed by atoms with van der Waals surface area (Å²) in [7, 11) is 3.44. The number of amides is 2. The van der Waals surface area contributed by atoms with Gasteiger partial charge in [0.05, 0.1) is 19.8 Å². The average molecular weight is 564 g/mol. The molecule has 2 aliphatic heterocycles. The smallest absolute Gasteiger partial charge is 0.409 e. The van der Waals surface area contributed by atoms with Crippen LogP contribution in [0.3, 0.4) is 0 Å². The maximum absolute atomic E-state index is 13.7. The highest BCUT2D eigenvalue weighted by Crippen LogP contribution is 2.26. The van der Waals surface area contributed by atoms with Crippen LogP contribution in [0.1, 0.15) is 50.0 Å². The van der Waals surface area contributed by atoms with Gasteiger partial charge in [-0.2, -0.15) is 0 Å². The first-order chi connectivity index (χ1) is 19.2. The van der Waals surface area contributed by atoms with Gasteiger partial charge in [0.25, 0.3) is 5.91 Å². The van der Waals surface area contributed by atoms with Crippen LogP contribution in [0.25, 0.3) is 0 Å². The Balaban J connectivity index is 1.60. The van der Waals surface area contributed by atoms with Gasteiger partial charge in [-0.3, -0.25) is 4.79 Å². The second-order valence-electron chi connectivity index (χ2n) is 11.7. The Labute approximate surface area is 239 Å². The van der Waals surface area contributed by atoms with Gasteiger partial charge < -0.3 is 38.8 Å². The van der Waals surface area contributed by atoms with Crippen molar-refractivity contribution in [3.05, 3.63) is 29.3 Å². The van der Waals surface area contributed by atoms with Gasteiger partial charge in [0, 0.05) is 70.4 Å². The summed E-state index contributed by atoms with van der Waals surface area (Å²) in [6.45, 7) is 13.6. The highest BCUT2D eigenvalue weighted by molar-refractivity contribution is 5.95. The fourth-order valence-electron chi connectivity index (χ4n) is 5.19. The summed E-state index contributed by atoms with van der Waals surface area (Å²) in [5.74, 6) is 1.15. The summed E-state index contributed by atoms with van der Waals surface area (Å²) >= 11 is 0. The van der Waals surface area contributed by atoms with E-state index < -0.39 is 0 Å². The normalized spacial score (nSPS) is 20.4. The van der Waals surface area contributed by atoms with Crippen molar-refractivity contribution in [2.24, 2.45) is 17.3 Å². The molecule has 0 spiro atoms. The van der Waals surface area contributed by atoms with E-state index in [9.17, 15) is 9.59 Å². The van der Waals surface area contributed by atoms with Crippen LogP contribution in [-0.2, 0) is 25.4 Å². The first-order valence-electron chi connectivity index (χ1n) is 14.5. The lowest BCUT2D eigenvalue weighted by molar-refractivity contribution is -0.170. The van der Waals surface area contributed by atoms with Gasteiger partial charge in [-0.1, -0.05) is 19.9 Å². The van der Waals surface area contributed by atoms with E-state index in [2.05, 4.69) is 12.2 Å². The van der Waals surface area contributed by atoms with Gasteiger partial charge >= 0.3 is 6.09 Å². The van der Waals surface area contributed by atoms with Gasteiger partial charge in [-0.25, -0.2) is 4.79 Å². The van der Waals surface area contributed by atoms with Gasteiger partial charge in [0.2, 0.25) is 0 Å². The second-order valence-corrected chi connectivity index (χ2v) is 11.7. The molecule has 2 amide bonds. The van der Waals surface area contributed by atoms with Gasteiger partial charge in [0.15, 0.2) is 0 Å². The van der Waals surface area contributed by atoms with Crippen LogP contribution in [-0.4, -0.2) is 108 Å². The van der Waals surface area contributed by atoms with E-state index in [1.54, 1.807) is 19.1 Å². The van der Waals surface area contributed by atoms with Crippen LogP contribution in [0.5, 0.6) is 5.75 Å². The zero-order valence-electron chi connectivity index (χ0n) is 25.2. The van der Waals surface area contributed by atoms with Crippen molar-refractivity contribution in [2.75, 3.05) is 80.2 Å². The Morgan fingerprint density at radius 1 is 1.12 bits per heavy atom. The number of carbonyl (C=O) groups excluding carboxylic acids is 2. The number of methoxy groups -OCH3 is 1. The monoisotopic (exact) mass is 563 g/mol. The summed E-state index contributed by atoms with van der Waals surface area (Å²) in [5, 5.41) is 3.46. The molecule has 10 heteroatoms. The lowest BCUT2D eigenvalue weighted by atomic mass is 9.93. The zero-order chi connectivity index (χ0) is 29.1. The van der Waals surface area contributed by atoms with Crippen molar-refractivity contribution in [1.29, 1.82) is 0 Å². The van der Waals surface area contributed by atoms with Crippen molar-refractivity contribution in [3.8, 4) is 5.75 Å². The molecule has 10 nitrogen and oxygen atoms in total. The third-order valence-electron chi connectivity index (χ3n) is 7.67. The quantitative estimate of drug-likeness (QED) is 0.344. The Kier molecular flexibility index (Phi) is 12.5. The van der Waals surface area contributed by atoms with Crippen molar-refractivity contribution in [2.45, 2.75) is 46.6 Å². The Hall–Kier alpha value is -2.40. The molecule has 2 unspecified atom stereocenters. The average Bonchev–Trinajstić information content (AvgIpc) is 3.38. The minimum atomic E-state index is -0.358. The van der Waals surface area contributed by atoms with Crippen LogP contribution in [0, 0.1) is 17.3 Å². The number of aryl methyl sites for hydroxylation is 1. The van der Waals surface area contributed by atoms with E-state index in [1.165, 1.54) is 0 Å². The number of nitrogens with zero attached hydrogens (tertiary/aromatic N) is 2. The predicted molar refractivity (Wildman–Crippen MR) is 153 cm³/mol. The molecular weight excluding hydrogens is 514 g/mol. The predicted octanol–water partition coefficient (Wildman–Crippen LogP) is 3.43. The molecule has 2 fully saturated rings. The second kappa shape index (κ2) is 15.6. The molecule has 0 radical (unpaired) electrons. The van der Waals surface area contributed by atoms with E-state index >= 15 is 0 Å². The van der Waals surface area contributed by atoms with Gasteiger partial charge in [0.1, 0.15) is 19.1 Å². The zero-order valence-corrected chi connectivity index (χ0v) is 25.2. The Morgan fingerprint density at radius 2 is 1.82 bits per heavy atom. The molecule has 0 aliphatic carbocycles. The van der Waals surface area contributed by atoms with Gasteiger partial charge in [-0.15, -0.1) is 0 Å². The third kappa shape index (κ3) is 9.06. The summed E-state index contributed by atoms with van der Waals surface area (Å²) in [6, 6.07) is 5.79. The van der Waals surface area contributed by atoms with Crippen LogP contribution in [0.15, 0.2) is 18.2 Å². The summed E-state index contributed by atoms with van der Waals surface area (Å²) in [5.41, 5.74) is 1.37. The van der Waals surface area contributed by atoms with Crippen LogP contribution >= 0.6 is 0 Å². The molecule has 0 aromatic heterocycles. The van der Waals surface area contributed by atoms with E-state index in [0.717, 1.165) is 37.2 Å². The van der Waals surface area contributed by atoms with Crippen molar-refractivity contribution < 1.29 is 33.3 Å². The number of rotatable bonds is 14.